The Morgan fingerprint density at radius 2 is 2.06 bits per heavy atom. The zero-order valence-corrected chi connectivity index (χ0v) is 10.8. The van der Waals surface area contributed by atoms with Crippen molar-refractivity contribution >= 4 is 29.6 Å². The van der Waals surface area contributed by atoms with Crippen LogP contribution in [0.15, 0.2) is 0 Å². The molecule has 2 fully saturated rings. The number of nitrogens with one attached hydrogen (secondary N) is 1. The van der Waals surface area contributed by atoms with E-state index in [1.165, 1.54) is 4.90 Å². The summed E-state index contributed by atoms with van der Waals surface area (Å²) in [5.74, 6) is -1.51. The molecule has 2 rings (SSSR count). The predicted molar refractivity (Wildman–Crippen MR) is 64.5 cm³/mol. The smallest absolute Gasteiger partial charge is 0.277 e. The van der Waals surface area contributed by atoms with Gasteiger partial charge in [0.05, 0.1) is 0 Å². The molecule has 0 bridgehead atoms. The molecule has 6 heteroatoms. The number of nitrogens with zero attached hydrogens (tertiary/aromatic N) is 1. The Morgan fingerprint density at radius 1 is 1.41 bits per heavy atom. The Bertz CT molecular complexity index is 379. The van der Waals surface area contributed by atoms with E-state index in [4.69, 9.17) is 0 Å². The van der Waals surface area contributed by atoms with E-state index in [0.29, 0.717) is 13.0 Å². The topological polar surface area (TPSA) is 66.5 Å². The van der Waals surface area contributed by atoms with Crippen LogP contribution in [0.4, 0.5) is 4.79 Å². The molecule has 0 aromatic carbocycles. The average molecular weight is 256 g/mol. The van der Waals surface area contributed by atoms with Gasteiger partial charge in [0, 0.05) is 11.3 Å². The van der Waals surface area contributed by atoms with Crippen LogP contribution in [0.5, 0.6) is 0 Å². The first-order valence-corrected chi connectivity index (χ1v) is 6.97. The molecule has 94 valence electrons. The number of carbonyl (C=O) groups is 3. The Labute approximate surface area is 104 Å². The molecular formula is C11H16N2O3S. The average Bonchev–Trinajstić information content (AvgIpc) is 3.05. The summed E-state index contributed by atoms with van der Waals surface area (Å²) in [6.45, 7) is 2.19. The van der Waals surface area contributed by atoms with Crippen LogP contribution in [0.1, 0.15) is 26.2 Å². The molecule has 0 spiro atoms. The lowest BCUT2D eigenvalue weighted by Gasteiger charge is -2.31. The maximum absolute atomic E-state index is 12.0. The van der Waals surface area contributed by atoms with E-state index in [-0.39, 0.29) is 10.7 Å². The fourth-order valence-electron chi connectivity index (χ4n) is 2.02. The lowest BCUT2D eigenvalue weighted by molar-refractivity contribution is -0.142. The maximum Gasteiger partial charge on any atom is 0.330 e. The van der Waals surface area contributed by atoms with E-state index in [1.807, 2.05) is 6.26 Å². The molecule has 1 aliphatic heterocycles. The van der Waals surface area contributed by atoms with Gasteiger partial charge in [0.15, 0.2) is 0 Å². The second-order valence-corrected chi connectivity index (χ2v) is 5.84. The van der Waals surface area contributed by atoms with Crippen molar-refractivity contribution in [1.29, 1.82) is 0 Å². The van der Waals surface area contributed by atoms with E-state index < -0.39 is 17.9 Å². The van der Waals surface area contributed by atoms with E-state index in [0.717, 1.165) is 12.8 Å². The third-order valence-corrected chi connectivity index (χ3v) is 4.85. The minimum atomic E-state index is -0.703. The second kappa shape index (κ2) is 4.33. The lowest BCUT2D eigenvalue weighted by atomic mass is 10.0. The predicted octanol–water partition coefficient (Wildman–Crippen LogP) is 0.987. The van der Waals surface area contributed by atoms with Gasteiger partial charge in [-0.25, -0.2) is 4.79 Å². The number of hydrogen-bond acceptors (Lipinski definition) is 4. The van der Waals surface area contributed by atoms with Crippen molar-refractivity contribution in [3.05, 3.63) is 0 Å². The molecular weight excluding hydrogens is 240 g/mol. The summed E-state index contributed by atoms with van der Waals surface area (Å²) in [6.07, 6.45) is 4.47. The van der Waals surface area contributed by atoms with Gasteiger partial charge in [0.25, 0.3) is 0 Å². The van der Waals surface area contributed by atoms with Crippen LogP contribution in [-0.2, 0) is 9.59 Å². The van der Waals surface area contributed by atoms with Crippen LogP contribution in [0, 0.1) is 5.92 Å². The Hall–Kier alpha value is -1.04. The fourth-order valence-corrected chi connectivity index (χ4v) is 2.79. The molecule has 1 unspecified atom stereocenters. The zero-order valence-electron chi connectivity index (χ0n) is 9.99. The third-order valence-electron chi connectivity index (χ3n) is 3.45. The Kier molecular flexibility index (Phi) is 3.16. The van der Waals surface area contributed by atoms with E-state index in [1.54, 1.807) is 18.7 Å². The van der Waals surface area contributed by atoms with Crippen LogP contribution in [0.25, 0.3) is 0 Å². The normalized spacial score (nSPS) is 27.1. The number of carbonyl (C=O) groups excluding carboxylic acids is 3. The monoisotopic (exact) mass is 256 g/mol. The van der Waals surface area contributed by atoms with Crippen molar-refractivity contribution in [3.63, 3.8) is 0 Å². The van der Waals surface area contributed by atoms with Gasteiger partial charge in [-0.3, -0.25) is 19.8 Å². The van der Waals surface area contributed by atoms with Crippen molar-refractivity contribution in [2.45, 2.75) is 30.9 Å². The summed E-state index contributed by atoms with van der Waals surface area (Å²) < 4.78 is 0.0334. The number of amides is 4. The van der Waals surface area contributed by atoms with Crippen molar-refractivity contribution in [1.82, 2.24) is 10.2 Å². The number of imide groups is 2. The van der Waals surface area contributed by atoms with Crippen LogP contribution in [0.3, 0.4) is 0 Å². The number of thioether (sulfide) groups is 1. The van der Waals surface area contributed by atoms with Crippen molar-refractivity contribution in [2.75, 3.05) is 12.8 Å². The molecule has 0 aromatic rings. The number of barbiturate groups is 1. The fraction of sp³-hybridized carbons (Fsp3) is 0.727. The van der Waals surface area contributed by atoms with E-state index >= 15 is 0 Å². The number of rotatable bonds is 4. The van der Waals surface area contributed by atoms with Crippen molar-refractivity contribution in [3.8, 4) is 0 Å². The molecule has 17 heavy (non-hydrogen) atoms. The highest BCUT2D eigenvalue weighted by Gasteiger charge is 2.48. The highest BCUT2D eigenvalue weighted by atomic mass is 32.2. The van der Waals surface area contributed by atoms with Crippen molar-refractivity contribution in [2.24, 2.45) is 5.92 Å². The van der Waals surface area contributed by atoms with Crippen LogP contribution in [-0.4, -0.2) is 40.3 Å². The summed E-state index contributed by atoms with van der Waals surface area (Å²) in [6, 6.07) is -0.565. The second-order valence-electron chi connectivity index (χ2n) is 4.57. The first-order valence-electron chi connectivity index (χ1n) is 5.74. The van der Waals surface area contributed by atoms with Crippen LogP contribution < -0.4 is 5.32 Å². The van der Waals surface area contributed by atoms with Crippen LogP contribution in [0.2, 0.25) is 0 Å². The van der Waals surface area contributed by atoms with Crippen LogP contribution >= 0.6 is 11.8 Å². The summed E-state index contributed by atoms with van der Waals surface area (Å²) in [7, 11) is 0. The minimum absolute atomic E-state index is 0.0334. The lowest BCUT2D eigenvalue weighted by Crippen LogP contribution is -2.59. The quantitative estimate of drug-likeness (QED) is 0.762. The van der Waals surface area contributed by atoms with Gasteiger partial charge in [0.2, 0.25) is 11.8 Å². The number of urea groups is 1. The molecule has 1 atom stereocenters. The summed E-state index contributed by atoms with van der Waals surface area (Å²) in [5, 5.41) is 2.25. The van der Waals surface area contributed by atoms with Crippen molar-refractivity contribution < 1.29 is 14.4 Å². The minimum Gasteiger partial charge on any atom is -0.277 e. The molecule has 1 N–H and O–H groups in total. The summed E-state index contributed by atoms with van der Waals surface area (Å²) in [4.78, 5) is 36.4. The van der Waals surface area contributed by atoms with Gasteiger partial charge >= 0.3 is 6.03 Å². The molecule has 2 aliphatic rings. The molecule has 1 aliphatic carbocycles. The standard InChI is InChI=1S/C11H16N2O3S/c1-3-7-8(14)12-10(16)13(9(7)15)6-11(17-2)4-5-11/h7H,3-6H2,1-2H3,(H,12,14,16). The van der Waals surface area contributed by atoms with E-state index in [9.17, 15) is 14.4 Å². The Balaban J connectivity index is 2.12. The van der Waals surface area contributed by atoms with Gasteiger partial charge in [-0.15, -0.1) is 0 Å². The molecule has 1 saturated carbocycles. The molecule has 4 amide bonds. The molecule has 5 nitrogen and oxygen atoms in total. The molecule has 1 saturated heterocycles. The highest BCUT2D eigenvalue weighted by molar-refractivity contribution is 8.00. The third kappa shape index (κ3) is 2.18. The SMILES string of the molecule is CCC1C(=O)NC(=O)N(CC2(SC)CC2)C1=O. The maximum atomic E-state index is 12.0. The summed E-state index contributed by atoms with van der Waals surface area (Å²) in [5.41, 5.74) is 0. The van der Waals surface area contributed by atoms with Gasteiger partial charge in [-0.05, 0) is 25.5 Å². The first kappa shape index (κ1) is 12.4. The molecule has 1 heterocycles. The van der Waals surface area contributed by atoms with Gasteiger partial charge < -0.3 is 0 Å². The number of hydrogen-bond donors (Lipinski definition) is 1. The first-order chi connectivity index (χ1) is 8.03. The molecule has 0 radical (unpaired) electrons. The zero-order chi connectivity index (χ0) is 12.6. The highest BCUT2D eigenvalue weighted by Crippen LogP contribution is 2.47. The van der Waals surface area contributed by atoms with Gasteiger partial charge in [-0.2, -0.15) is 11.8 Å². The van der Waals surface area contributed by atoms with Gasteiger partial charge in [0.1, 0.15) is 5.92 Å². The van der Waals surface area contributed by atoms with Gasteiger partial charge in [-0.1, -0.05) is 6.92 Å². The summed E-state index contributed by atoms with van der Waals surface area (Å²) >= 11 is 1.69. The molecule has 0 aromatic heterocycles. The largest absolute Gasteiger partial charge is 0.330 e. The van der Waals surface area contributed by atoms with E-state index in [2.05, 4.69) is 5.32 Å². The Morgan fingerprint density at radius 3 is 2.53 bits per heavy atom.